The molecule has 7 nitrogen and oxygen atoms in total. The molecule has 0 radical (unpaired) electrons. The van der Waals surface area contributed by atoms with Gasteiger partial charge in [-0.05, 0) is 37.0 Å². The number of nitrogens with zero attached hydrogens (tertiary/aromatic N) is 4. The molecule has 2 aromatic heterocycles. The van der Waals surface area contributed by atoms with Crippen LogP contribution in [0.4, 0.5) is 11.8 Å². The SMILES string of the molecule is CCc1c(C)ncc(CN2CC(CC(N)=O)c3c(Cl)nc(N)nc32)c1C. The van der Waals surface area contributed by atoms with Gasteiger partial charge in [0.2, 0.25) is 11.9 Å². The highest BCUT2D eigenvalue weighted by Crippen LogP contribution is 2.41. The van der Waals surface area contributed by atoms with Crippen molar-refractivity contribution in [2.24, 2.45) is 5.73 Å². The second kappa shape index (κ2) is 7.07. The Hall–Kier alpha value is -2.41. The molecule has 0 bridgehead atoms. The normalized spacial score (nSPS) is 16.0. The molecule has 0 aromatic carbocycles. The maximum absolute atomic E-state index is 11.5. The second-order valence-corrected chi connectivity index (χ2v) is 7.04. The lowest BCUT2D eigenvalue weighted by Gasteiger charge is -2.21. The number of carbonyl (C=O) groups excluding carboxylic acids is 1. The molecule has 0 fully saturated rings. The summed E-state index contributed by atoms with van der Waals surface area (Å²) in [5.41, 5.74) is 16.6. The molecule has 3 heterocycles. The van der Waals surface area contributed by atoms with Gasteiger partial charge in [0.1, 0.15) is 11.0 Å². The summed E-state index contributed by atoms with van der Waals surface area (Å²) in [6.07, 6.45) is 3.03. The zero-order valence-corrected chi connectivity index (χ0v) is 16.0. The number of hydrogen-bond donors (Lipinski definition) is 2. The van der Waals surface area contributed by atoms with Gasteiger partial charge >= 0.3 is 0 Å². The van der Waals surface area contributed by atoms with Crippen LogP contribution in [-0.2, 0) is 17.8 Å². The predicted molar refractivity (Wildman–Crippen MR) is 102 cm³/mol. The molecule has 138 valence electrons. The van der Waals surface area contributed by atoms with E-state index in [1.165, 1.54) is 11.1 Å². The molecule has 1 atom stereocenters. The van der Waals surface area contributed by atoms with E-state index in [0.29, 0.717) is 18.9 Å². The van der Waals surface area contributed by atoms with Gasteiger partial charge in [-0.2, -0.15) is 4.98 Å². The molecule has 1 aliphatic rings. The van der Waals surface area contributed by atoms with Crippen molar-refractivity contribution >= 4 is 29.3 Å². The Labute approximate surface area is 157 Å². The zero-order chi connectivity index (χ0) is 19.0. The highest BCUT2D eigenvalue weighted by molar-refractivity contribution is 6.30. The Kier molecular flexibility index (Phi) is 5.00. The summed E-state index contributed by atoms with van der Waals surface area (Å²) in [7, 11) is 0. The van der Waals surface area contributed by atoms with Gasteiger partial charge in [-0.1, -0.05) is 18.5 Å². The lowest BCUT2D eigenvalue weighted by Crippen LogP contribution is -2.25. The quantitative estimate of drug-likeness (QED) is 0.776. The van der Waals surface area contributed by atoms with Crippen LogP contribution in [0.15, 0.2) is 6.20 Å². The van der Waals surface area contributed by atoms with Crippen LogP contribution in [0, 0.1) is 13.8 Å². The third-order valence-corrected chi connectivity index (χ3v) is 5.28. The minimum atomic E-state index is -0.378. The van der Waals surface area contributed by atoms with Crippen molar-refractivity contribution in [3.63, 3.8) is 0 Å². The first-order valence-corrected chi connectivity index (χ1v) is 8.99. The van der Waals surface area contributed by atoms with E-state index in [9.17, 15) is 4.79 Å². The van der Waals surface area contributed by atoms with Crippen molar-refractivity contribution in [1.29, 1.82) is 0 Å². The summed E-state index contributed by atoms with van der Waals surface area (Å²) in [6, 6.07) is 0. The van der Waals surface area contributed by atoms with E-state index in [0.717, 1.165) is 23.2 Å². The molecule has 0 aliphatic carbocycles. The summed E-state index contributed by atoms with van der Waals surface area (Å²) in [4.78, 5) is 26.5. The summed E-state index contributed by atoms with van der Waals surface area (Å²) in [5.74, 6) is 0.273. The maximum atomic E-state index is 11.5. The van der Waals surface area contributed by atoms with Crippen LogP contribution >= 0.6 is 11.6 Å². The van der Waals surface area contributed by atoms with Crippen LogP contribution < -0.4 is 16.4 Å². The number of fused-ring (bicyclic) bond motifs is 1. The number of aromatic nitrogens is 3. The summed E-state index contributed by atoms with van der Waals surface area (Å²) in [6.45, 7) is 7.47. The van der Waals surface area contributed by atoms with E-state index in [1.54, 1.807) is 0 Å². The van der Waals surface area contributed by atoms with E-state index >= 15 is 0 Å². The van der Waals surface area contributed by atoms with Crippen molar-refractivity contribution in [1.82, 2.24) is 15.0 Å². The van der Waals surface area contributed by atoms with Crippen molar-refractivity contribution in [2.45, 2.75) is 46.1 Å². The van der Waals surface area contributed by atoms with Crippen molar-refractivity contribution in [3.8, 4) is 0 Å². The highest BCUT2D eigenvalue weighted by Gasteiger charge is 2.34. The van der Waals surface area contributed by atoms with Crippen molar-refractivity contribution < 1.29 is 4.79 Å². The standard InChI is InChI=1S/C18H23ClN6O/c1-4-13-9(2)12(6-22-10(13)3)8-25-7-11(5-14(20)26)15-16(19)23-18(21)24-17(15)25/h6,11H,4-5,7-8H2,1-3H3,(H2,20,26)(H2,21,23,24). The molecule has 4 N–H and O–H groups in total. The number of hydrogen-bond acceptors (Lipinski definition) is 6. The fourth-order valence-corrected chi connectivity index (χ4v) is 4.06. The monoisotopic (exact) mass is 374 g/mol. The van der Waals surface area contributed by atoms with Gasteiger partial charge in [-0.3, -0.25) is 9.78 Å². The van der Waals surface area contributed by atoms with Gasteiger partial charge in [0.15, 0.2) is 0 Å². The largest absolute Gasteiger partial charge is 0.370 e. The van der Waals surface area contributed by atoms with Crippen LogP contribution in [0.3, 0.4) is 0 Å². The van der Waals surface area contributed by atoms with Gasteiger partial charge in [0.25, 0.3) is 0 Å². The minimum absolute atomic E-state index is 0.117. The lowest BCUT2D eigenvalue weighted by atomic mass is 10.00. The van der Waals surface area contributed by atoms with Crippen LogP contribution in [0.5, 0.6) is 0 Å². The Bertz CT molecular complexity index is 869. The lowest BCUT2D eigenvalue weighted by molar-refractivity contribution is -0.118. The topological polar surface area (TPSA) is 111 Å². The van der Waals surface area contributed by atoms with Gasteiger partial charge < -0.3 is 16.4 Å². The average Bonchev–Trinajstić information content (AvgIpc) is 2.87. The molecule has 1 aliphatic heterocycles. The van der Waals surface area contributed by atoms with Crippen LogP contribution in [-0.4, -0.2) is 27.4 Å². The van der Waals surface area contributed by atoms with Crippen molar-refractivity contribution in [3.05, 3.63) is 39.3 Å². The first-order valence-electron chi connectivity index (χ1n) is 8.61. The molecule has 2 aromatic rings. The first kappa shape index (κ1) is 18.4. The van der Waals surface area contributed by atoms with Gasteiger partial charge in [0, 0.05) is 42.9 Å². The Morgan fingerprint density at radius 3 is 2.77 bits per heavy atom. The molecular formula is C18H23ClN6O. The fraction of sp³-hybridized carbons (Fsp3) is 0.444. The highest BCUT2D eigenvalue weighted by atomic mass is 35.5. The number of pyridine rings is 1. The van der Waals surface area contributed by atoms with Crippen LogP contribution in [0.1, 0.15) is 47.2 Å². The molecule has 0 saturated heterocycles. The molecule has 1 amide bonds. The third kappa shape index (κ3) is 3.31. The maximum Gasteiger partial charge on any atom is 0.223 e. The smallest absolute Gasteiger partial charge is 0.223 e. The van der Waals surface area contributed by atoms with Gasteiger partial charge in [-0.25, -0.2) is 4.98 Å². The number of carbonyl (C=O) groups is 1. The minimum Gasteiger partial charge on any atom is -0.370 e. The third-order valence-electron chi connectivity index (χ3n) is 4.99. The number of nitrogens with two attached hydrogens (primary N) is 2. The molecule has 1 unspecified atom stereocenters. The molecule has 26 heavy (non-hydrogen) atoms. The number of halogens is 1. The second-order valence-electron chi connectivity index (χ2n) is 6.68. The Balaban J connectivity index is 1.99. The molecule has 8 heteroatoms. The van der Waals surface area contributed by atoms with Crippen LogP contribution in [0.2, 0.25) is 5.15 Å². The first-order chi connectivity index (χ1) is 12.3. The number of amides is 1. The predicted octanol–water partition coefficient (Wildman–Crippen LogP) is 2.27. The van der Waals surface area contributed by atoms with E-state index < -0.39 is 0 Å². The van der Waals surface area contributed by atoms with Crippen LogP contribution in [0.25, 0.3) is 0 Å². The van der Waals surface area contributed by atoms with Gasteiger partial charge in [0.05, 0.1) is 0 Å². The zero-order valence-electron chi connectivity index (χ0n) is 15.2. The summed E-state index contributed by atoms with van der Waals surface area (Å²) < 4.78 is 0. The average molecular weight is 375 g/mol. The number of nitrogen functional groups attached to an aromatic ring is 1. The number of anilines is 2. The summed E-state index contributed by atoms with van der Waals surface area (Å²) in [5, 5.41) is 0.286. The number of rotatable bonds is 5. The van der Waals surface area contributed by atoms with E-state index in [4.69, 9.17) is 23.1 Å². The Morgan fingerprint density at radius 1 is 1.38 bits per heavy atom. The molecular weight excluding hydrogens is 352 g/mol. The fourth-order valence-electron chi connectivity index (χ4n) is 3.73. The molecule has 3 rings (SSSR count). The number of aryl methyl sites for hydroxylation is 1. The van der Waals surface area contributed by atoms with E-state index in [-0.39, 0.29) is 29.3 Å². The Morgan fingerprint density at radius 2 is 2.12 bits per heavy atom. The van der Waals surface area contributed by atoms with Gasteiger partial charge in [-0.15, -0.1) is 0 Å². The van der Waals surface area contributed by atoms with E-state index in [2.05, 4.69) is 33.7 Å². The van der Waals surface area contributed by atoms with E-state index in [1.807, 2.05) is 13.1 Å². The molecule has 0 spiro atoms. The number of primary amides is 1. The van der Waals surface area contributed by atoms with Crippen molar-refractivity contribution in [2.75, 3.05) is 17.2 Å². The molecule has 0 saturated carbocycles. The summed E-state index contributed by atoms with van der Waals surface area (Å²) >= 11 is 6.30.